The highest BCUT2D eigenvalue weighted by molar-refractivity contribution is 5.93. The second kappa shape index (κ2) is 6.66. The lowest BCUT2D eigenvalue weighted by Crippen LogP contribution is -2.08. The number of nitrogens with zero attached hydrogens (tertiary/aromatic N) is 2. The molecule has 0 amide bonds. The van der Waals surface area contributed by atoms with Gasteiger partial charge in [0.25, 0.3) is 0 Å². The second-order valence-corrected chi connectivity index (χ2v) is 4.74. The van der Waals surface area contributed by atoms with E-state index in [4.69, 9.17) is 10.5 Å². The van der Waals surface area contributed by atoms with Crippen LogP contribution in [0.5, 0.6) is 0 Å². The standard InChI is InChI=1S/C13H21N3O2/c14-6-7-16-9-12(15-10-16)13(17)5-1-3-11-4-2-8-18-11/h9-11H,1-8,14H2. The maximum Gasteiger partial charge on any atom is 0.182 e. The van der Waals surface area contributed by atoms with Gasteiger partial charge in [0.05, 0.1) is 12.4 Å². The van der Waals surface area contributed by atoms with Gasteiger partial charge in [-0.2, -0.15) is 0 Å². The molecule has 1 aromatic heterocycles. The molecular weight excluding hydrogens is 230 g/mol. The average Bonchev–Trinajstić information content (AvgIpc) is 3.00. The third-order valence-electron chi connectivity index (χ3n) is 3.26. The van der Waals surface area contributed by atoms with Gasteiger partial charge in [0, 0.05) is 32.3 Å². The van der Waals surface area contributed by atoms with Crippen LogP contribution in [0.1, 0.15) is 42.6 Å². The molecule has 0 aliphatic carbocycles. The Morgan fingerprint density at radius 1 is 1.61 bits per heavy atom. The quantitative estimate of drug-likeness (QED) is 0.743. The zero-order chi connectivity index (χ0) is 12.8. The van der Waals surface area contributed by atoms with Gasteiger partial charge in [0.1, 0.15) is 5.69 Å². The van der Waals surface area contributed by atoms with E-state index in [0.717, 1.165) is 32.3 Å². The molecule has 0 bridgehead atoms. The number of carbonyl (C=O) groups is 1. The summed E-state index contributed by atoms with van der Waals surface area (Å²) in [5.41, 5.74) is 6.00. The van der Waals surface area contributed by atoms with E-state index in [-0.39, 0.29) is 5.78 Å². The van der Waals surface area contributed by atoms with Crippen LogP contribution in [0.15, 0.2) is 12.5 Å². The lowest BCUT2D eigenvalue weighted by Gasteiger charge is -2.07. The van der Waals surface area contributed by atoms with Gasteiger partial charge < -0.3 is 15.0 Å². The van der Waals surface area contributed by atoms with Crippen molar-refractivity contribution < 1.29 is 9.53 Å². The summed E-state index contributed by atoms with van der Waals surface area (Å²) in [5, 5.41) is 0. The summed E-state index contributed by atoms with van der Waals surface area (Å²) in [4.78, 5) is 16.0. The molecule has 1 saturated heterocycles. The van der Waals surface area contributed by atoms with Crippen LogP contribution in [0.25, 0.3) is 0 Å². The van der Waals surface area contributed by atoms with Gasteiger partial charge in [0.15, 0.2) is 5.78 Å². The molecule has 0 spiro atoms. The average molecular weight is 251 g/mol. The molecule has 2 heterocycles. The van der Waals surface area contributed by atoms with Gasteiger partial charge in [-0.15, -0.1) is 0 Å². The lowest BCUT2D eigenvalue weighted by atomic mass is 10.1. The van der Waals surface area contributed by atoms with E-state index in [9.17, 15) is 4.79 Å². The first kappa shape index (κ1) is 13.2. The number of nitrogens with two attached hydrogens (primary N) is 1. The number of carbonyl (C=O) groups excluding carboxylic acids is 1. The molecule has 100 valence electrons. The molecule has 0 radical (unpaired) electrons. The Balaban J connectivity index is 1.72. The van der Waals surface area contributed by atoms with Gasteiger partial charge in [-0.05, 0) is 25.7 Å². The molecule has 1 fully saturated rings. The van der Waals surface area contributed by atoms with Crippen LogP contribution in [0.3, 0.4) is 0 Å². The minimum absolute atomic E-state index is 0.115. The number of hydrogen-bond acceptors (Lipinski definition) is 4. The zero-order valence-corrected chi connectivity index (χ0v) is 10.7. The first-order valence-corrected chi connectivity index (χ1v) is 6.66. The highest BCUT2D eigenvalue weighted by atomic mass is 16.5. The Morgan fingerprint density at radius 2 is 2.50 bits per heavy atom. The van der Waals surface area contributed by atoms with Gasteiger partial charge >= 0.3 is 0 Å². The van der Waals surface area contributed by atoms with E-state index in [2.05, 4.69) is 4.98 Å². The van der Waals surface area contributed by atoms with Crippen molar-refractivity contribution in [3.05, 3.63) is 18.2 Å². The second-order valence-electron chi connectivity index (χ2n) is 4.74. The van der Waals surface area contributed by atoms with Crippen molar-refractivity contribution in [2.75, 3.05) is 13.2 Å². The Morgan fingerprint density at radius 3 is 3.22 bits per heavy atom. The van der Waals surface area contributed by atoms with E-state index < -0.39 is 0 Å². The molecule has 1 aliphatic rings. The van der Waals surface area contributed by atoms with E-state index in [0.29, 0.717) is 31.3 Å². The maximum atomic E-state index is 11.9. The fourth-order valence-corrected chi connectivity index (χ4v) is 2.27. The van der Waals surface area contributed by atoms with Crippen molar-refractivity contribution in [2.45, 2.75) is 44.8 Å². The monoisotopic (exact) mass is 251 g/mol. The van der Waals surface area contributed by atoms with Gasteiger partial charge in [-0.1, -0.05) is 0 Å². The molecule has 2 rings (SSSR count). The third-order valence-corrected chi connectivity index (χ3v) is 3.26. The van der Waals surface area contributed by atoms with Crippen LogP contribution in [0, 0.1) is 0 Å². The summed E-state index contributed by atoms with van der Waals surface area (Å²) >= 11 is 0. The minimum atomic E-state index is 0.115. The molecule has 5 nitrogen and oxygen atoms in total. The summed E-state index contributed by atoms with van der Waals surface area (Å²) < 4.78 is 7.39. The van der Waals surface area contributed by atoms with Crippen LogP contribution in [-0.2, 0) is 11.3 Å². The molecular formula is C13H21N3O2. The number of imidazole rings is 1. The summed E-state index contributed by atoms with van der Waals surface area (Å²) in [6.45, 7) is 2.14. The van der Waals surface area contributed by atoms with Crippen LogP contribution in [0.4, 0.5) is 0 Å². The first-order valence-electron chi connectivity index (χ1n) is 6.66. The van der Waals surface area contributed by atoms with Crippen LogP contribution in [-0.4, -0.2) is 34.6 Å². The Labute approximate surface area is 107 Å². The first-order chi connectivity index (χ1) is 8.79. The smallest absolute Gasteiger partial charge is 0.182 e. The molecule has 1 unspecified atom stereocenters. The topological polar surface area (TPSA) is 70.1 Å². The Hall–Kier alpha value is -1.20. The maximum absolute atomic E-state index is 11.9. The molecule has 18 heavy (non-hydrogen) atoms. The highest BCUT2D eigenvalue weighted by Crippen LogP contribution is 2.18. The number of rotatable bonds is 7. The van der Waals surface area contributed by atoms with Crippen LogP contribution >= 0.6 is 0 Å². The SMILES string of the molecule is NCCn1cnc(C(=O)CCCC2CCCO2)c1. The molecule has 5 heteroatoms. The third kappa shape index (κ3) is 3.65. The van der Waals surface area contributed by atoms with Gasteiger partial charge in [-0.3, -0.25) is 4.79 Å². The number of ketones is 1. The lowest BCUT2D eigenvalue weighted by molar-refractivity contribution is 0.0919. The molecule has 1 aromatic rings. The van der Waals surface area contributed by atoms with E-state index in [1.54, 1.807) is 12.5 Å². The number of hydrogen-bond donors (Lipinski definition) is 1. The molecule has 0 aromatic carbocycles. The van der Waals surface area contributed by atoms with Crippen molar-refractivity contribution in [3.63, 3.8) is 0 Å². The summed E-state index contributed by atoms with van der Waals surface area (Å²) in [7, 11) is 0. The Bertz CT molecular complexity index is 383. The highest BCUT2D eigenvalue weighted by Gasteiger charge is 2.16. The predicted octanol–water partition coefficient (Wildman–Crippen LogP) is 1.37. The fraction of sp³-hybridized carbons (Fsp3) is 0.692. The van der Waals surface area contributed by atoms with Crippen molar-refractivity contribution in [3.8, 4) is 0 Å². The van der Waals surface area contributed by atoms with Crippen molar-refractivity contribution in [1.29, 1.82) is 0 Å². The zero-order valence-electron chi connectivity index (χ0n) is 10.7. The summed E-state index contributed by atoms with van der Waals surface area (Å²) in [5.74, 6) is 0.115. The normalized spacial score (nSPS) is 19.3. The van der Waals surface area contributed by atoms with Crippen molar-refractivity contribution in [2.24, 2.45) is 5.73 Å². The molecule has 1 atom stereocenters. The summed E-state index contributed by atoms with van der Waals surface area (Å²) in [6, 6.07) is 0. The van der Waals surface area contributed by atoms with E-state index >= 15 is 0 Å². The van der Waals surface area contributed by atoms with Crippen LogP contribution in [0.2, 0.25) is 0 Å². The Kier molecular flexibility index (Phi) is 4.90. The van der Waals surface area contributed by atoms with E-state index in [1.807, 2.05) is 4.57 Å². The molecule has 1 aliphatic heterocycles. The van der Waals surface area contributed by atoms with Crippen molar-refractivity contribution in [1.82, 2.24) is 9.55 Å². The molecule has 2 N–H and O–H groups in total. The number of aromatic nitrogens is 2. The number of Topliss-reactive ketones (excluding diaryl/α,β-unsaturated/α-hetero) is 1. The fourth-order valence-electron chi connectivity index (χ4n) is 2.27. The molecule has 0 saturated carbocycles. The van der Waals surface area contributed by atoms with Crippen LogP contribution < -0.4 is 5.73 Å². The van der Waals surface area contributed by atoms with Gasteiger partial charge in [0.2, 0.25) is 0 Å². The predicted molar refractivity (Wildman–Crippen MR) is 68.4 cm³/mol. The number of ether oxygens (including phenoxy) is 1. The minimum Gasteiger partial charge on any atom is -0.378 e. The van der Waals surface area contributed by atoms with E-state index in [1.165, 1.54) is 0 Å². The van der Waals surface area contributed by atoms with Gasteiger partial charge in [-0.25, -0.2) is 4.98 Å². The largest absolute Gasteiger partial charge is 0.378 e. The summed E-state index contributed by atoms with van der Waals surface area (Å²) in [6.07, 6.45) is 8.53. The van der Waals surface area contributed by atoms with Crippen molar-refractivity contribution >= 4 is 5.78 Å².